The summed E-state index contributed by atoms with van der Waals surface area (Å²) in [7, 11) is 0. The first-order valence-corrected chi connectivity index (χ1v) is 23.1. The minimum atomic E-state index is -0.850. The molecule has 0 heterocycles. The lowest BCUT2D eigenvalue weighted by Crippen LogP contribution is -2.45. The van der Waals surface area contributed by atoms with Crippen LogP contribution in [-0.4, -0.2) is 47.4 Å². The molecule has 0 saturated carbocycles. The van der Waals surface area contributed by atoms with Gasteiger partial charge in [0.15, 0.2) is 0 Å². The zero-order valence-electron chi connectivity index (χ0n) is 35.2. The molecule has 2 unspecified atom stereocenters. The van der Waals surface area contributed by atoms with Gasteiger partial charge in [-0.15, -0.1) is 0 Å². The first-order chi connectivity index (χ1) is 26.0. The minimum Gasteiger partial charge on any atom is -0.466 e. The first-order valence-electron chi connectivity index (χ1n) is 23.1. The van der Waals surface area contributed by atoms with Crippen molar-refractivity contribution in [2.24, 2.45) is 0 Å². The van der Waals surface area contributed by atoms with Crippen LogP contribution >= 0.6 is 0 Å². The second-order valence-corrected chi connectivity index (χ2v) is 15.7. The minimum absolute atomic E-state index is 0.0171. The average Bonchev–Trinajstić information content (AvgIpc) is 3.16. The normalized spacial score (nSPS) is 12.9. The zero-order chi connectivity index (χ0) is 38.7. The highest BCUT2D eigenvalue weighted by atomic mass is 16.5. The number of aliphatic hydroxyl groups is 2. The van der Waals surface area contributed by atoms with Crippen LogP contribution in [0.3, 0.4) is 0 Å². The summed E-state index contributed by atoms with van der Waals surface area (Å²) < 4.78 is 5.44. The molecule has 0 rings (SSSR count). The van der Waals surface area contributed by atoms with Gasteiger partial charge in [0, 0.05) is 12.8 Å². The molecule has 0 saturated heterocycles. The fourth-order valence-corrected chi connectivity index (χ4v) is 6.86. The number of amides is 1. The van der Waals surface area contributed by atoms with Crippen LogP contribution in [0.2, 0.25) is 0 Å². The Balaban J connectivity index is 3.48. The van der Waals surface area contributed by atoms with Crippen molar-refractivity contribution in [2.75, 3.05) is 13.2 Å². The van der Waals surface area contributed by atoms with Gasteiger partial charge in [-0.3, -0.25) is 9.59 Å². The van der Waals surface area contributed by atoms with Crippen molar-refractivity contribution in [3.63, 3.8) is 0 Å². The molecule has 0 aliphatic rings. The lowest BCUT2D eigenvalue weighted by atomic mass is 10.0. The summed E-state index contributed by atoms with van der Waals surface area (Å²) in [5, 5.41) is 22.9. The van der Waals surface area contributed by atoms with Crippen molar-refractivity contribution in [1.29, 1.82) is 0 Å². The van der Waals surface area contributed by atoms with Gasteiger partial charge in [0.25, 0.3) is 0 Å². The predicted octanol–water partition coefficient (Wildman–Crippen LogP) is 13.2. The van der Waals surface area contributed by atoms with E-state index in [1.54, 1.807) is 6.08 Å². The van der Waals surface area contributed by atoms with Gasteiger partial charge in [0.1, 0.15) is 0 Å². The molecule has 0 spiro atoms. The van der Waals surface area contributed by atoms with Crippen molar-refractivity contribution >= 4 is 11.9 Å². The Morgan fingerprint density at radius 1 is 0.509 bits per heavy atom. The third kappa shape index (κ3) is 39.8. The molecule has 6 heteroatoms. The Morgan fingerprint density at radius 2 is 0.887 bits per heavy atom. The molecule has 3 N–H and O–H groups in total. The Kier molecular flexibility index (Phi) is 41.7. The highest BCUT2D eigenvalue weighted by Gasteiger charge is 2.18. The van der Waals surface area contributed by atoms with Crippen molar-refractivity contribution in [3.8, 4) is 0 Å². The number of ether oxygens (including phenoxy) is 1. The van der Waals surface area contributed by atoms with E-state index >= 15 is 0 Å². The van der Waals surface area contributed by atoms with Crippen molar-refractivity contribution in [3.05, 3.63) is 24.3 Å². The maximum absolute atomic E-state index is 12.4. The Bertz CT molecular complexity index is 828. The summed E-state index contributed by atoms with van der Waals surface area (Å²) in [5.74, 6) is -0.101. The first kappa shape index (κ1) is 51.3. The van der Waals surface area contributed by atoms with Crippen LogP contribution in [0, 0.1) is 0 Å². The topological polar surface area (TPSA) is 95.9 Å². The summed E-state index contributed by atoms with van der Waals surface area (Å²) >= 11 is 0. The standard InChI is InChI=1S/C47H89NO5/c1-3-5-7-9-11-13-15-17-21-25-29-33-37-41-47(52)53-42-38-34-30-26-22-19-16-18-20-24-28-32-36-40-46(51)48-44(43-49)45(50)39-35-31-27-23-14-12-10-8-6-4-2/h13,15,35,39,44-45,49-50H,3-12,14,16-34,36-38,40-43H2,1-2H3,(H,48,51)/b15-13-,39-35+. The molecule has 0 aromatic carbocycles. The Labute approximate surface area is 329 Å². The van der Waals surface area contributed by atoms with E-state index in [2.05, 4.69) is 31.3 Å². The van der Waals surface area contributed by atoms with Crippen molar-refractivity contribution < 1.29 is 24.5 Å². The number of carbonyl (C=O) groups is 2. The highest BCUT2D eigenvalue weighted by Crippen LogP contribution is 2.15. The lowest BCUT2D eigenvalue weighted by Gasteiger charge is -2.20. The zero-order valence-corrected chi connectivity index (χ0v) is 35.2. The number of allylic oxidation sites excluding steroid dienone is 3. The van der Waals surface area contributed by atoms with E-state index in [-0.39, 0.29) is 18.5 Å². The van der Waals surface area contributed by atoms with Gasteiger partial charge in [-0.1, -0.05) is 192 Å². The summed E-state index contributed by atoms with van der Waals surface area (Å²) in [5.41, 5.74) is 0. The van der Waals surface area contributed by atoms with Crippen molar-refractivity contribution in [1.82, 2.24) is 5.32 Å². The molecule has 0 aliphatic carbocycles. The Hall–Kier alpha value is -1.66. The molecule has 0 aromatic rings. The summed E-state index contributed by atoms with van der Waals surface area (Å²) in [6, 6.07) is -0.635. The maximum Gasteiger partial charge on any atom is 0.305 e. The van der Waals surface area contributed by atoms with Crippen LogP contribution < -0.4 is 5.32 Å². The van der Waals surface area contributed by atoms with Gasteiger partial charge in [0.2, 0.25) is 5.91 Å². The predicted molar refractivity (Wildman–Crippen MR) is 227 cm³/mol. The second kappa shape index (κ2) is 43.1. The SMILES string of the molecule is CCCCCC/C=C\CCCCCCCC(=O)OCCCCCCCCCCCCCCCC(=O)NC(CO)C(O)/C=C/CCCCCCCCCC. The van der Waals surface area contributed by atoms with Gasteiger partial charge in [0.05, 0.1) is 25.4 Å². The number of hydrogen-bond donors (Lipinski definition) is 3. The summed E-state index contributed by atoms with van der Waals surface area (Å²) in [4.78, 5) is 24.3. The number of unbranched alkanes of at least 4 members (excludes halogenated alkanes) is 29. The largest absolute Gasteiger partial charge is 0.466 e. The van der Waals surface area contributed by atoms with Gasteiger partial charge < -0.3 is 20.3 Å². The Morgan fingerprint density at radius 3 is 1.36 bits per heavy atom. The fraction of sp³-hybridized carbons (Fsp3) is 0.872. The third-order valence-electron chi connectivity index (χ3n) is 10.5. The van der Waals surface area contributed by atoms with Crippen LogP contribution in [0.15, 0.2) is 24.3 Å². The smallest absolute Gasteiger partial charge is 0.305 e. The molecule has 53 heavy (non-hydrogen) atoms. The molecule has 312 valence electrons. The quantitative estimate of drug-likeness (QED) is 0.0328. The molecule has 6 nitrogen and oxygen atoms in total. The molecule has 0 bridgehead atoms. The highest BCUT2D eigenvalue weighted by molar-refractivity contribution is 5.76. The number of carbonyl (C=O) groups excluding carboxylic acids is 2. The third-order valence-corrected chi connectivity index (χ3v) is 10.5. The van der Waals surface area contributed by atoms with Crippen LogP contribution in [-0.2, 0) is 14.3 Å². The number of esters is 1. The van der Waals surface area contributed by atoms with Crippen LogP contribution in [0.4, 0.5) is 0 Å². The van der Waals surface area contributed by atoms with E-state index in [9.17, 15) is 19.8 Å². The van der Waals surface area contributed by atoms with Crippen molar-refractivity contribution in [2.45, 2.75) is 251 Å². The fourth-order valence-electron chi connectivity index (χ4n) is 6.86. The number of hydrogen-bond acceptors (Lipinski definition) is 5. The molecule has 0 radical (unpaired) electrons. The lowest BCUT2D eigenvalue weighted by molar-refractivity contribution is -0.143. The molecule has 0 aliphatic heterocycles. The van der Waals surface area contributed by atoms with Gasteiger partial charge >= 0.3 is 5.97 Å². The molecule has 0 aromatic heterocycles. The van der Waals surface area contributed by atoms with E-state index in [0.29, 0.717) is 19.4 Å². The molecule has 1 amide bonds. The summed E-state index contributed by atoms with van der Waals surface area (Å²) in [6.07, 6.45) is 48.8. The monoisotopic (exact) mass is 748 g/mol. The second-order valence-electron chi connectivity index (χ2n) is 15.7. The molecule has 2 atom stereocenters. The average molecular weight is 748 g/mol. The number of aliphatic hydroxyl groups excluding tert-OH is 2. The molecular formula is C47H89NO5. The van der Waals surface area contributed by atoms with E-state index < -0.39 is 12.1 Å². The van der Waals surface area contributed by atoms with Crippen LogP contribution in [0.25, 0.3) is 0 Å². The summed E-state index contributed by atoms with van der Waals surface area (Å²) in [6.45, 7) is 4.82. The molecular weight excluding hydrogens is 659 g/mol. The van der Waals surface area contributed by atoms with Gasteiger partial charge in [-0.25, -0.2) is 0 Å². The van der Waals surface area contributed by atoms with Gasteiger partial charge in [-0.05, 0) is 57.8 Å². The molecule has 0 fully saturated rings. The number of nitrogens with one attached hydrogen (secondary N) is 1. The maximum atomic E-state index is 12.4. The van der Waals surface area contributed by atoms with E-state index in [1.807, 2.05) is 6.08 Å². The van der Waals surface area contributed by atoms with E-state index in [1.165, 1.54) is 154 Å². The van der Waals surface area contributed by atoms with Gasteiger partial charge in [-0.2, -0.15) is 0 Å². The van der Waals surface area contributed by atoms with Crippen LogP contribution in [0.1, 0.15) is 239 Å². The van der Waals surface area contributed by atoms with E-state index in [0.717, 1.165) is 57.8 Å². The number of rotatable bonds is 42. The van der Waals surface area contributed by atoms with E-state index in [4.69, 9.17) is 4.74 Å². The van der Waals surface area contributed by atoms with Crippen LogP contribution in [0.5, 0.6) is 0 Å².